The normalized spacial score (nSPS) is 11.3. The summed E-state index contributed by atoms with van der Waals surface area (Å²) < 4.78 is 5.33. The first-order valence-corrected chi connectivity index (χ1v) is 7.88. The van der Waals surface area contributed by atoms with Crippen molar-refractivity contribution in [2.45, 2.75) is 19.9 Å². The number of ether oxygens (including phenoxy) is 1. The van der Waals surface area contributed by atoms with Gasteiger partial charge >= 0.3 is 6.03 Å². The van der Waals surface area contributed by atoms with Gasteiger partial charge in [0, 0.05) is 11.8 Å². The first-order valence-electron chi connectivity index (χ1n) is 7.88. The van der Waals surface area contributed by atoms with Gasteiger partial charge in [-0.1, -0.05) is 17.7 Å². The first-order chi connectivity index (χ1) is 12.0. The van der Waals surface area contributed by atoms with Gasteiger partial charge in [-0.3, -0.25) is 9.78 Å². The van der Waals surface area contributed by atoms with Gasteiger partial charge in [-0.25, -0.2) is 4.79 Å². The van der Waals surface area contributed by atoms with E-state index in [0.717, 1.165) is 11.1 Å². The Morgan fingerprint density at radius 1 is 1.28 bits per heavy atom. The van der Waals surface area contributed by atoms with E-state index in [2.05, 4.69) is 20.9 Å². The van der Waals surface area contributed by atoms with Crippen LogP contribution in [0.4, 0.5) is 10.5 Å². The third kappa shape index (κ3) is 5.49. The smallest absolute Gasteiger partial charge is 0.315 e. The van der Waals surface area contributed by atoms with E-state index in [1.807, 2.05) is 32.0 Å². The van der Waals surface area contributed by atoms with E-state index in [0.29, 0.717) is 11.4 Å². The second-order valence-corrected chi connectivity index (χ2v) is 5.58. The van der Waals surface area contributed by atoms with Crippen LogP contribution in [0.1, 0.15) is 24.1 Å². The summed E-state index contributed by atoms with van der Waals surface area (Å²) in [5.41, 5.74) is 2.52. The molecule has 3 N–H and O–H groups in total. The Morgan fingerprint density at radius 2 is 2.08 bits per heavy atom. The predicted octanol–water partition coefficient (Wildman–Crippen LogP) is 2.40. The minimum atomic E-state index is -0.433. The molecular formula is C18H22N4O3. The molecule has 0 aliphatic heterocycles. The van der Waals surface area contributed by atoms with Crippen molar-refractivity contribution in [2.24, 2.45) is 0 Å². The van der Waals surface area contributed by atoms with Crippen molar-refractivity contribution >= 4 is 17.6 Å². The molecule has 0 unspecified atom stereocenters. The molecule has 2 aromatic rings. The molecule has 132 valence electrons. The molecule has 3 amide bonds. The number of anilines is 1. The highest BCUT2D eigenvalue weighted by Gasteiger charge is 2.14. The fourth-order valence-electron chi connectivity index (χ4n) is 2.32. The van der Waals surface area contributed by atoms with Crippen molar-refractivity contribution in [3.05, 3.63) is 53.9 Å². The maximum Gasteiger partial charge on any atom is 0.315 e. The molecule has 0 bridgehead atoms. The number of aromatic nitrogens is 1. The number of nitrogens with one attached hydrogen (secondary N) is 3. The maximum atomic E-state index is 12.0. The van der Waals surface area contributed by atoms with E-state index in [1.54, 1.807) is 25.4 Å². The minimum absolute atomic E-state index is 0.140. The monoisotopic (exact) mass is 342 g/mol. The number of urea groups is 1. The Balaban J connectivity index is 1.85. The molecule has 1 aromatic heterocycles. The molecule has 0 aliphatic carbocycles. The van der Waals surface area contributed by atoms with E-state index in [-0.39, 0.29) is 18.5 Å². The highest BCUT2D eigenvalue weighted by atomic mass is 16.5. The summed E-state index contributed by atoms with van der Waals surface area (Å²) >= 11 is 0. The van der Waals surface area contributed by atoms with Gasteiger partial charge in [0.25, 0.3) is 0 Å². The lowest BCUT2D eigenvalue weighted by atomic mass is 10.0. The van der Waals surface area contributed by atoms with E-state index in [4.69, 9.17) is 4.74 Å². The fourth-order valence-corrected chi connectivity index (χ4v) is 2.32. The third-order valence-electron chi connectivity index (χ3n) is 3.55. The minimum Gasteiger partial charge on any atom is -0.496 e. The van der Waals surface area contributed by atoms with Crippen LogP contribution >= 0.6 is 0 Å². The zero-order chi connectivity index (χ0) is 18.2. The number of amides is 3. The van der Waals surface area contributed by atoms with Crippen LogP contribution < -0.4 is 20.7 Å². The van der Waals surface area contributed by atoms with Crippen LogP contribution in [0.5, 0.6) is 5.75 Å². The number of carbonyl (C=O) groups is 2. The molecule has 0 saturated heterocycles. The lowest BCUT2D eigenvalue weighted by molar-refractivity contribution is -0.115. The number of hydrogen-bond acceptors (Lipinski definition) is 4. The second-order valence-electron chi connectivity index (χ2n) is 5.58. The molecule has 1 atom stereocenters. The van der Waals surface area contributed by atoms with Crippen LogP contribution in [0.3, 0.4) is 0 Å². The van der Waals surface area contributed by atoms with Gasteiger partial charge in [0.2, 0.25) is 5.91 Å². The highest BCUT2D eigenvalue weighted by Crippen LogP contribution is 2.25. The number of nitrogens with zero attached hydrogens (tertiary/aromatic N) is 1. The molecule has 0 saturated carbocycles. The summed E-state index contributed by atoms with van der Waals surface area (Å²) in [6.07, 6.45) is 3.15. The average Bonchev–Trinajstić information content (AvgIpc) is 2.60. The third-order valence-corrected chi connectivity index (χ3v) is 3.55. The van der Waals surface area contributed by atoms with Gasteiger partial charge in [0.05, 0.1) is 31.6 Å². The SMILES string of the molecule is COc1ccc(C)cc1[C@H](C)NC(=O)NCC(=O)Nc1cccnc1. The topological polar surface area (TPSA) is 92.4 Å². The Morgan fingerprint density at radius 3 is 2.76 bits per heavy atom. The van der Waals surface area contributed by atoms with Gasteiger partial charge in [0.15, 0.2) is 0 Å². The largest absolute Gasteiger partial charge is 0.496 e. The summed E-state index contributed by atoms with van der Waals surface area (Å²) in [5, 5.41) is 7.97. The molecule has 0 aliphatic rings. The number of methoxy groups -OCH3 is 1. The first kappa shape index (κ1) is 18.3. The Hall–Kier alpha value is -3.09. The maximum absolute atomic E-state index is 12.0. The quantitative estimate of drug-likeness (QED) is 0.751. The number of carbonyl (C=O) groups excluding carboxylic acids is 2. The molecule has 7 nitrogen and oxygen atoms in total. The number of pyridine rings is 1. The van der Waals surface area contributed by atoms with Crippen LogP contribution in [-0.4, -0.2) is 30.6 Å². The zero-order valence-electron chi connectivity index (χ0n) is 14.5. The Labute approximate surface area is 146 Å². The van der Waals surface area contributed by atoms with Gasteiger partial charge in [-0.2, -0.15) is 0 Å². The lowest BCUT2D eigenvalue weighted by Gasteiger charge is -2.18. The molecule has 25 heavy (non-hydrogen) atoms. The van der Waals surface area contributed by atoms with E-state index < -0.39 is 6.03 Å². The van der Waals surface area contributed by atoms with Crippen molar-refractivity contribution in [2.75, 3.05) is 19.0 Å². The van der Waals surface area contributed by atoms with Crippen LogP contribution in [0.15, 0.2) is 42.7 Å². The van der Waals surface area contributed by atoms with Crippen LogP contribution in [0.25, 0.3) is 0 Å². The highest BCUT2D eigenvalue weighted by molar-refractivity contribution is 5.94. The molecule has 0 spiro atoms. The van der Waals surface area contributed by atoms with Crippen LogP contribution in [0.2, 0.25) is 0 Å². The standard InChI is InChI=1S/C18H22N4O3/c1-12-6-7-16(25-3)15(9-12)13(2)21-18(24)20-11-17(23)22-14-5-4-8-19-10-14/h4-10,13H,11H2,1-3H3,(H,22,23)(H2,20,21,24)/t13-/m0/s1. The fraction of sp³-hybridized carbons (Fsp3) is 0.278. The van der Waals surface area contributed by atoms with Crippen LogP contribution in [0, 0.1) is 6.92 Å². The molecule has 7 heteroatoms. The molecule has 0 fully saturated rings. The summed E-state index contributed by atoms with van der Waals surface area (Å²) in [6, 6.07) is 8.50. The number of hydrogen-bond donors (Lipinski definition) is 3. The van der Waals surface area contributed by atoms with Crippen molar-refractivity contribution in [3.63, 3.8) is 0 Å². The number of aryl methyl sites for hydroxylation is 1. The molecule has 1 aromatic carbocycles. The summed E-state index contributed by atoms with van der Waals surface area (Å²) in [4.78, 5) is 27.7. The van der Waals surface area contributed by atoms with Gasteiger partial charge < -0.3 is 20.7 Å². The molecule has 1 heterocycles. The van der Waals surface area contributed by atoms with Crippen molar-refractivity contribution in [1.29, 1.82) is 0 Å². The van der Waals surface area contributed by atoms with E-state index in [1.165, 1.54) is 6.20 Å². The number of benzene rings is 1. The van der Waals surface area contributed by atoms with Gasteiger partial charge in [0.1, 0.15) is 5.75 Å². The van der Waals surface area contributed by atoms with Crippen molar-refractivity contribution in [1.82, 2.24) is 15.6 Å². The van der Waals surface area contributed by atoms with Crippen LogP contribution in [-0.2, 0) is 4.79 Å². The summed E-state index contributed by atoms with van der Waals surface area (Å²) in [7, 11) is 1.59. The van der Waals surface area contributed by atoms with Crippen molar-refractivity contribution < 1.29 is 14.3 Å². The lowest BCUT2D eigenvalue weighted by Crippen LogP contribution is -2.41. The second kappa shape index (κ2) is 8.68. The van der Waals surface area contributed by atoms with E-state index >= 15 is 0 Å². The number of rotatable bonds is 6. The Bertz CT molecular complexity index is 734. The van der Waals surface area contributed by atoms with Gasteiger partial charge in [-0.05, 0) is 32.0 Å². The average molecular weight is 342 g/mol. The molecule has 2 rings (SSSR count). The molecule has 0 radical (unpaired) electrons. The zero-order valence-corrected chi connectivity index (χ0v) is 14.5. The van der Waals surface area contributed by atoms with E-state index in [9.17, 15) is 9.59 Å². The molecular weight excluding hydrogens is 320 g/mol. The summed E-state index contributed by atoms with van der Waals surface area (Å²) in [6.45, 7) is 3.68. The van der Waals surface area contributed by atoms with Gasteiger partial charge in [-0.15, -0.1) is 0 Å². The summed E-state index contributed by atoms with van der Waals surface area (Å²) in [5.74, 6) is 0.372. The Kier molecular flexibility index (Phi) is 6.33. The van der Waals surface area contributed by atoms with Crippen molar-refractivity contribution in [3.8, 4) is 5.75 Å². The predicted molar refractivity (Wildman–Crippen MR) is 95.5 cm³/mol.